The van der Waals surface area contributed by atoms with Crippen molar-refractivity contribution >= 4 is 69.4 Å². The van der Waals surface area contributed by atoms with Crippen LogP contribution < -0.4 is 16.0 Å². The molecule has 7 nitrogen and oxygen atoms in total. The predicted octanol–water partition coefficient (Wildman–Crippen LogP) is 4.01. The maximum absolute atomic E-state index is 12.5. The molecule has 2 rings (SSSR count). The molecule has 0 fully saturated rings. The minimum atomic E-state index is -1.98. The Morgan fingerprint density at radius 1 is 1.04 bits per heavy atom. The van der Waals surface area contributed by atoms with Crippen molar-refractivity contribution in [1.29, 1.82) is 0 Å². The van der Waals surface area contributed by atoms with E-state index in [1.807, 2.05) is 6.07 Å². The summed E-state index contributed by atoms with van der Waals surface area (Å²) in [4.78, 5) is 22.9. The van der Waals surface area contributed by atoms with E-state index >= 15 is 0 Å². The molecule has 27 heavy (non-hydrogen) atoms. The van der Waals surface area contributed by atoms with Crippen molar-refractivity contribution in [2.45, 2.75) is 9.96 Å². The van der Waals surface area contributed by atoms with Gasteiger partial charge in [-0.05, 0) is 30.4 Å². The van der Waals surface area contributed by atoms with Gasteiger partial charge in [-0.3, -0.25) is 14.9 Å². The van der Waals surface area contributed by atoms with Gasteiger partial charge >= 0.3 is 0 Å². The molecule has 0 aliphatic heterocycles. The summed E-state index contributed by atoms with van der Waals surface area (Å²) in [7, 11) is 0. The zero-order valence-corrected chi connectivity index (χ0v) is 16.6. The fourth-order valence-electron chi connectivity index (χ4n) is 2.05. The van der Waals surface area contributed by atoms with Gasteiger partial charge in [0, 0.05) is 11.8 Å². The van der Waals surface area contributed by atoms with Gasteiger partial charge in [-0.15, -0.1) is 0 Å². The molecule has 0 saturated heterocycles. The summed E-state index contributed by atoms with van der Waals surface area (Å²) < 4.78 is -1.98. The second-order valence-corrected chi connectivity index (χ2v) is 7.96. The predicted molar refractivity (Wildman–Crippen MR) is 110 cm³/mol. The Balaban J connectivity index is 2.14. The summed E-state index contributed by atoms with van der Waals surface area (Å²) in [6, 6.07) is 14.4. The molecule has 0 aliphatic carbocycles. The van der Waals surface area contributed by atoms with Crippen LogP contribution in [0.4, 0.5) is 11.4 Å². The lowest BCUT2D eigenvalue weighted by atomic mass is 10.1. The number of para-hydroxylation sites is 2. The fraction of sp³-hybridized carbons (Fsp3) is 0.125. The van der Waals surface area contributed by atoms with Crippen molar-refractivity contribution in [3.05, 3.63) is 70.3 Å². The third kappa shape index (κ3) is 6.21. The molecule has 1 amide bonds. The van der Waals surface area contributed by atoms with Crippen molar-refractivity contribution in [2.75, 3.05) is 5.32 Å². The number of carbonyl (C=O) groups excluding carboxylic acids is 1. The Labute approximate surface area is 175 Å². The molecule has 1 unspecified atom stereocenters. The molecular weight excluding hydrogens is 435 g/mol. The largest absolute Gasteiger partial charge is 0.339 e. The van der Waals surface area contributed by atoms with Gasteiger partial charge in [0.15, 0.2) is 5.11 Å². The summed E-state index contributed by atoms with van der Waals surface area (Å²) in [6.45, 7) is 0. The number of nitrogens with one attached hydrogen (secondary N) is 3. The first-order valence-electron chi connectivity index (χ1n) is 7.42. The number of alkyl halides is 3. The Bertz CT molecular complexity index is 846. The topological polar surface area (TPSA) is 96.3 Å². The number of anilines is 1. The van der Waals surface area contributed by atoms with Gasteiger partial charge in [-0.1, -0.05) is 65.1 Å². The van der Waals surface area contributed by atoms with E-state index in [4.69, 9.17) is 47.0 Å². The molecule has 0 spiro atoms. The van der Waals surface area contributed by atoms with E-state index in [1.54, 1.807) is 24.3 Å². The third-order valence-corrected chi connectivity index (χ3v) is 4.13. The van der Waals surface area contributed by atoms with Crippen LogP contribution in [0.25, 0.3) is 0 Å². The number of carbonyl (C=O) groups is 1. The lowest BCUT2D eigenvalue weighted by Gasteiger charge is -2.27. The van der Waals surface area contributed by atoms with Crippen LogP contribution in [0.3, 0.4) is 0 Å². The van der Waals surface area contributed by atoms with E-state index < -0.39 is 20.8 Å². The normalized spacial score (nSPS) is 12.0. The number of nitro benzene ring substituents is 1. The molecule has 2 aromatic carbocycles. The average Bonchev–Trinajstić information content (AvgIpc) is 2.61. The monoisotopic (exact) mass is 446 g/mol. The highest BCUT2D eigenvalue weighted by Crippen LogP contribution is 2.30. The molecule has 2 aromatic rings. The van der Waals surface area contributed by atoms with Gasteiger partial charge in [0.1, 0.15) is 11.7 Å². The molecular formula is C16H13Cl3N4O3S. The van der Waals surface area contributed by atoms with Crippen LogP contribution >= 0.6 is 47.0 Å². The highest BCUT2D eigenvalue weighted by molar-refractivity contribution is 7.80. The van der Waals surface area contributed by atoms with Crippen LogP contribution in [0.15, 0.2) is 54.6 Å². The number of thiocarbonyl (C=S) groups is 1. The number of halogens is 3. The first-order valence-corrected chi connectivity index (χ1v) is 8.96. The van der Waals surface area contributed by atoms with Crippen LogP contribution in [0.2, 0.25) is 0 Å². The zero-order valence-electron chi connectivity index (χ0n) is 13.5. The minimum absolute atomic E-state index is 0.0837. The molecule has 0 aliphatic rings. The van der Waals surface area contributed by atoms with Gasteiger partial charge in [-0.25, -0.2) is 0 Å². The third-order valence-electron chi connectivity index (χ3n) is 3.26. The molecule has 0 radical (unpaired) electrons. The van der Waals surface area contributed by atoms with Crippen molar-refractivity contribution in [1.82, 2.24) is 10.6 Å². The molecule has 0 saturated carbocycles. The Kier molecular flexibility index (Phi) is 7.20. The number of amides is 1. The summed E-state index contributed by atoms with van der Waals surface area (Å²) in [5.41, 5.74) is 0.136. The second-order valence-electron chi connectivity index (χ2n) is 5.19. The zero-order chi connectivity index (χ0) is 20.0. The van der Waals surface area contributed by atoms with Crippen LogP contribution in [0.5, 0.6) is 0 Å². The number of nitrogens with zero attached hydrogens (tertiary/aromatic N) is 1. The summed E-state index contributed by atoms with van der Waals surface area (Å²) in [5, 5.41) is 19.1. The molecule has 0 bridgehead atoms. The maximum Gasteiger partial charge on any atom is 0.282 e. The highest BCUT2D eigenvalue weighted by Gasteiger charge is 2.35. The summed E-state index contributed by atoms with van der Waals surface area (Å²) >= 11 is 22.9. The Morgan fingerprint density at radius 3 is 2.22 bits per heavy atom. The Hall–Kier alpha value is -2.13. The quantitative estimate of drug-likeness (QED) is 0.211. The smallest absolute Gasteiger partial charge is 0.282 e. The van der Waals surface area contributed by atoms with Crippen LogP contribution in [0, 0.1) is 10.1 Å². The maximum atomic E-state index is 12.5. The minimum Gasteiger partial charge on any atom is -0.339 e. The van der Waals surface area contributed by atoms with Gasteiger partial charge in [0.05, 0.1) is 4.92 Å². The first kappa shape index (κ1) is 21.2. The number of hydrogen-bond acceptors (Lipinski definition) is 4. The summed E-state index contributed by atoms with van der Waals surface area (Å²) in [5.74, 6) is -0.798. The number of rotatable bonds is 5. The second kappa shape index (κ2) is 9.18. The molecule has 0 aromatic heterocycles. The van der Waals surface area contributed by atoms with E-state index in [-0.39, 0.29) is 16.4 Å². The molecule has 3 N–H and O–H groups in total. The molecule has 1 atom stereocenters. The lowest BCUT2D eigenvalue weighted by molar-refractivity contribution is -0.385. The first-order chi connectivity index (χ1) is 12.7. The average molecular weight is 448 g/mol. The van der Waals surface area contributed by atoms with Crippen LogP contribution in [-0.4, -0.2) is 25.9 Å². The van der Waals surface area contributed by atoms with Crippen molar-refractivity contribution in [2.24, 2.45) is 0 Å². The van der Waals surface area contributed by atoms with Gasteiger partial charge in [0.2, 0.25) is 3.79 Å². The van der Waals surface area contributed by atoms with Crippen LogP contribution in [-0.2, 0) is 0 Å². The van der Waals surface area contributed by atoms with Gasteiger partial charge in [0.25, 0.3) is 11.6 Å². The van der Waals surface area contributed by atoms with E-state index in [0.29, 0.717) is 5.69 Å². The highest BCUT2D eigenvalue weighted by atomic mass is 35.6. The van der Waals surface area contributed by atoms with E-state index in [1.165, 1.54) is 24.3 Å². The van der Waals surface area contributed by atoms with E-state index in [2.05, 4.69) is 16.0 Å². The number of hydrogen-bond donors (Lipinski definition) is 3. The Morgan fingerprint density at radius 2 is 1.63 bits per heavy atom. The molecule has 142 valence electrons. The number of nitro groups is 1. The molecule has 11 heteroatoms. The van der Waals surface area contributed by atoms with Gasteiger partial charge in [-0.2, -0.15) is 0 Å². The van der Waals surface area contributed by atoms with Crippen molar-refractivity contribution < 1.29 is 9.72 Å². The van der Waals surface area contributed by atoms with E-state index in [0.717, 1.165) is 0 Å². The van der Waals surface area contributed by atoms with Crippen LogP contribution in [0.1, 0.15) is 10.4 Å². The molecule has 0 heterocycles. The fourth-order valence-corrected chi connectivity index (χ4v) is 2.62. The van der Waals surface area contributed by atoms with Crippen molar-refractivity contribution in [3.8, 4) is 0 Å². The van der Waals surface area contributed by atoms with E-state index in [9.17, 15) is 14.9 Å². The summed E-state index contributed by atoms with van der Waals surface area (Å²) in [6.07, 6.45) is -1.25. The van der Waals surface area contributed by atoms with Gasteiger partial charge < -0.3 is 16.0 Å². The lowest BCUT2D eigenvalue weighted by Crippen LogP contribution is -2.56. The number of benzene rings is 2. The SMILES string of the molecule is O=C(NC(NC(=S)Nc1ccccc1)C(Cl)(Cl)Cl)c1ccccc1[N+](=O)[O-]. The standard InChI is InChI=1S/C16H13Cl3N4O3S/c17-16(18,19)14(22-15(27)20-10-6-2-1-3-7-10)21-13(24)11-8-4-5-9-12(11)23(25)26/h1-9,14H,(H,21,24)(H2,20,22,27). The van der Waals surface area contributed by atoms with Crippen molar-refractivity contribution in [3.63, 3.8) is 0 Å².